The molecular weight excluding hydrogens is 342 g/mol. The lowest BCUT2D eigenvalue weighted by atomic mass is 10.0. The molecule has 0 aliphatic carbocycles. The lowest BCUT2D eigenvalue weighted by molar-refractivity contribution is 0.0164. The number of rotatable bonds is 2. The molecule has 0 saturated carbocycles. The normalized spacial score (nSPS) is 22.6. The van der Waals surface area contributed by atoms with Gasteiger partial charge in [0.05, 0.1) is 28.8 Å². The van der Waals surface area contributed by atoms with Crippen molar-refractivity contribution < 1.29 is 4.74 Å². The van der Waals surface area contributed by atoms with Crippen LogP contribution in [-0.2, 0) is 4.74 Å². The van der Waals surface area contributed by atoms with Gasteiger partial charge in [0.15, 0.2) is 0 Å². The van der Waals surface area contributed by atoms with Gasteiger partial charge in [-0.15, -0.1) is 24.8 Å². The van der Waals surface area contributed by atoms with Crippen LogP contribution in [0.1, 0.15) is 11.7 Å². The fourth-order valence-corrected chi connectivity index (χ4v) is 2.49. The highest BCUT2D eigenvalue weighted by atomic mass is 35.5. The Bertz CT molecular complexity index is 417. The van der Waals surface area contributed by atoms with Crippen molar-refractivity contribution >= 4 is 48.0 Å². The fraction of sp³-hybridized carbons (Fsp3) is 0.538. The molecule has 0 unspecified atom stereocenters. The van der Waals surface area contributed by atoms with Crippen LogP contribution in [0.4, 0.5) is 0 Å². The lowest BCUT2D eigenvalue weighted by Gasteiger charge is -2.30. The summed E-state index contributed by atoms with van der Waals surface area (Å²) in [5.74, 6) is 0. The highest BCUT2D eigenvalue weighted by molar-refractivity contribution is 6.42. The quantitative estimate of drug-likeness (QED) is 0.873. The van der Waals surface area contributed by atoms with Crippen LogP contribution in [-0.4, -0.2) is 44.7 Å². The molecule has 7 heteroatoms. The van der Waals surface area contributed by atoms with Gasteiger partial charge in [0.1, 0.15) is 0 Å². The standard InChI is InChI=1S/C13H18Cl2N2O.2ClH/c1-17(2)12-8-16-5-6-18-13(12)9-3-4-10(14)11(15)7-9;;/h3-4,7,12-13,16H,5-6,8H2,1-2H3;2*1H/t12-,13+;;/m1../s1. The molecule has 3 nitrogen and oxygen atoms in total. The zero-order chi connectivity index (χ0) is 13.1. The van der Waals surface area contributed by atoms with Gasteiger partial charge >= 0.3 is 0 Å². The summed E-state index contributed by atoms with van der Waals surface area (Å²) in [4.78, 5) is 2.17. The smallest absolute Gasteiger partial charge is 0.0993 e. The highest BCUT2D eigenvalue weighted by Crippen LogP contribution is 2.30. The van der Waals surface area contributed by atoms with Crippen LogP contribution in [0.25, 0.3) is 0 Å². The largest absolute Gasteiger partial charge is 0.371 e. The Balaban J connectivity index is 0.00000180. The van der Waals surface area contributed by atoms with E-state index in [9.17, 15) is 0 Å². The summed E-state index contributed by atoms with van der Waals surface area (Å²) in [6, 6.07) is 6.00. The summed E-state index contributed by atoms with van der Waals surface area (Å²) in [7, 11) is 4.12. The van der Waals surface area contributed by atoms with Gasteiger partial charge in [-0.3, -0.25) is 0 Å². The zero-order valence-corrected chi connectivity index (χ0v) is 14.6. The van der Waals surface area contributed by atoms with E-state index in [2.05, 4.69) is 24.3 Å². The van der Waals surface area contributed by atoms with Crippen molar-refractivity contribution in [2.45, 2.75) is 12.1 Å². The Kier molecular flexibility index (Phi) is 9.43. The number of hydrogen-bond acceptors (Lipinski definition) is 3. The van der Waals surface area contributed by atoms with Gasteiger partial charge in [-0.1, -0.05) is 29.3 Å². The van der Waals surface area contributed by atoms with Crippen molar-refractivity contribution in [1.29, 1.82) is 0 Å². The monoisotopic (exact) mass is 360 g/mol. The van der Waals surface area contributed by atoms with Gasteiger partial charge in [0, 0.05) is 13.1 Å². The van der Waals surface area contributed by atoms with Crippen molar-refractivity contribution in [1.82, 2.24) is 10.2 Å². The van der Waals surface area contributed by atoms with Gasteiger partial charge in [0.25, 0.3) is 0 Å². The van der Waals surface area contributed by atoms with E-state index in [0.29, 0.717) is 16.7 Å². The fourth-order valence-electron chi connectivity index (χ4n) is 2.19. The van der Waals surface area contributed by atoms with Crippen molar-refractivity contribution in [3.8, 4) is 0 Å². The maximum Gasteiger partial charge on any atom is 0.0993 e. The van der Waals surface area contributed by atoms with Crippen LogP contribution >= 0.6 is 48.0 Å². The predicted octanol–water partition coefficient (Wildman–Crippen LogP) is 3.43. The third-order valence-electron chi connectivity index (χ3n) is 3.21. The maximum atomic E-state index is 6.08. The summed E-state index contributed by atoms with van der Waals surface area (Å²) in [5.41, 5.74) is 1.08. The Hall–Kier alpha value is 0.260. The summed E-state index contributed by atoms with van der Waals surface area (Å²) in [6.45, 7) is 2.48. The molecule has 2 atom stereocenters. The molecule has 1 N–H and O–H groups in total. The molecule has 0 spiro atoms. The van der Waals surface area contributed by atoms with E-state index < -0.39 is 0 Å². The second-order valence-electron chi connectivity index (χ2n) is 4.70. The minimum atomic E-state index is 0. The van der Waals surface area contributed by atoms with Crippen LogP contribution in [0, 0.1) is 0 Å². The van der Waals surface area contributed by atoms with Gasteiger partial charge < -0.3 is 15.0 Å². The van der Waals surface area contributed by atoms with Crippen LogP contribution in [0.2, 0.25) is 10.0 Å². The minimum Gasteiger partial charge on any atom is -0.371 e. The first kappa shape index (κ1) is 20.3. The Morgan fingerprint density at radius 2 is 1.90 bits per heavy atom. The molecule has 1 fully saturated rings. The Labute approximate surface area is 142 Å². The number of nitrogens with zero attached hydrogens (tertiary/aromatic N) is 1. The van der Waals surface area contributed by atoms with E-state index in [1.165, 1.54) is 0 Å². The van der Waals surface area contributed by atoms with Gasteiger partial charge in [-0.2, -0.15) is 0 Å². The second-order valence-corrected chi connectivity index (χ2v) is 5.51. The van der Waals surface area contributed by atoms with Crippen molar-refractivity contribution in [3.63, 3.8) is 0 Å². The van der Waals surface area contributed by atoms with E-state index in [1.54, 1.807) is 0 Å². The number of nitrogens with one attached hydrogen (secondary N) is 1. The van der Waals surface area contributed by atoms with Crippen LogP contribution in [0.5, 0.6) is 0 Å². The summed E-state index contributed by atoms with van der Waals surface area (Å²) in [5, 5.41) is 4.53. The summed E-state index contributed by atoms with van der Waals surface area (Å²) >= 11 is 12.0. The van der Waals surface area contributed by atoms with Crippen LogP contribution < -0.4 is 5.32 Å². The van der Waals surface area contributed by atoms with E-state index in [1.807, 2.05) is 18.2 Å². The number of likely N-dealkylation sites (N-methyl/N-ethyl adjacent to an activating group) is 1. The third kappa shape index (κ3) is 4.92. The van der Waals surface area contributed by atoms with Crippen molar-refractivity contribution in [2.24, 2.45) is 0 Å². The summed E-state index contributed by atoms with van der Waals surface area (Å²) in [6.07, 6.45) is 0.0183. The Morgan fingerprint density at radius 3 is 2.50 bits per heavy atom. The number of halogens is 4. The van der Waals surface area contributed by atoms with Gasteiger partial charge in [0.2, 0.25) is 0 Å². The predicted molar refractivity (Wildman–Crippen MR) is 90.0 cm³/mol. The molecule has 2 rings (SSSR count). The van der Waals surface area contributed by atoms with Crippen molar-refractivity contribution in [2.75, 3.05) is 33.8 Å². The molecular formula is C13H20Cl4N2O. The third-order valence-corrected chi connectivity index (χ3v) is 3.95. The molecule has 0 bridgehead atoms. The first-order valence-corrected chi connectivity index (χ1v) is 6.79. The molecule has 1 heterocycles. The summed E-state index contributed by atoms with van der Waals surface area (Å²) < 4.78 is 5.95. The molecule has 1 aromatic carbocycles. The highest BCUT2D eigenvalue weighted by Gasteiger charge is 2.27. The van der Waals surface area contributed by atoms with E-state index in [-0.39, 0.29) is 37.0 Å². The van der Waals surface area contributed by atoms with Crippen LogP contribution in [0.15, 0.2) is 18.2 Å². The SMILES string of the molecule is CN(C)[C@@H]1CNCCO[C@H]1c1ccc(Cl)c(Cl)c1.Cl.Cl. The average Bonchev–Trinajstić information content (AvgIpc) is 2.58. The lowest BCUT2D eigenvalue weighted by Crippen LogP contribution is -2.40. The average molecular weight is 362 g/mol. The molecule has 1 aliphatic heterocycles. The first-order valence-electron chi connectivity index (χ1n) is 6.03. The molecule has 0 aromatic heterocycles. The topological polar surface area (TPSA) is 24.5 Å². The number of benzene rings is 1. The number of ether oxygens (including phenoxy) is 1. The maximum absolute atomic E-state index is 6.08. The Morgan fingerprint density at radius 1 is 1.20 bits per heavy atom. The molecule has 20 heavy (non-hydrogen) atoms. The van der Waals surface area contributed by atoms with E-state index in [4.69, 9.17) is 27.9 Å². The molecule has 1 saturated heterocycles. The second kappa shape index (κ2) is 9.31. The molecule has 1 aliphatic rings. The molecule has 0 amide bonds. The number of hydrogen-bond donors (Lipinski definition) is 1. The van der Waals surface area contributed by atoms with E-state index >= 15 is 0 Å². The van der Waals surface area contributed by atoms with Crippen molar-refractivity contribution in [3.05, 3.63) is 33.8 Å². The van der Waals surface area contributed by atoms with E-state index in [0.717, 1.165) is 18.7 Å². The zero-order valence-electron chi connectivity index (χ0n) is 11.4. The first-order chi connectivity index (χ1) is 8.59. The molecule has 116 valence electrons. The van der Waals surface area contributed by atoms with Gasteiger partial charge in [-0.05, 0) is 31.8 Å². The van der Waals surface area contributed by atoms with Gasteiger partial charge in [-0.25, -0.2) is 0 Å². The minimum absolute atomic E-state index is 0. The van der Waals surface area contributed by atoms with Crippen LogP contribution in [0.3, 0.4) is 0 Å². The molecule has 0 radical (unpaired) electrons. The molecule has 1 aromatic rings.